The van der Waals surface area contributed by atoms with Crippen LogP contribution in [0.3, 0.4) is 0 Å². The summed E-state index contributed by atoms with van der Waals surface area (Å²) in [6, 6.07) is 0. The van der Waals surface area contributed by atoms with Crippen LogP contribution < -0.4 is 5.32 Å². The number of allylic oxidation sites excluding steroid dienone is 2. The molecule has 0 spiro atoms. The minimum atomic E-state index is 0.261. The van der Waals surface area contributed by atoms with Gasteiger partial charge in [-0.2, -0.15) is 0 Å². The lowest BCUT2D eigenvalue weighted by atomic mass is 9.94. The van der Waals surface area contributed by atoms with Crippen LogP contribution in [0.25, 0.3) is 0 Å². The molecule has 12 heavy (non-hydrogen) atoms. The zero-order valence-corrected chi connectivity index (χ0v) is 7.37. The third-order valence-corrected chi connectivity index (χ3v) is 3.11. The van der Waals surface area contributed by atoms with E-state index in [0.717, 1.165) is 30.8 Å². The Hall–Kier alpha value is -0.340. The van der Waals surface area contributed by atoms with E-state index in [-0.39, 0.29) is 6.61 Å². The topological polar surface area (TPSA) is 32.3 Å². The van der Waals surface area contributed by atoms with Crippen LogP contribution in [0.5, 0.6) is 0 Å². The van der Waals surface area contributed by atoms with Crippen LogP contribution in [0.1, 0.15) is 12.8 Å². The summed E-state index contributed by atoms with van der Waals surface area (Å²) in [5.74, 6) is 2.55. The highest BCUT2D eigenvalue weighted by Crippen LogP contribution is 2.42. The quantitative estimate of drug-likeness (QED) is 0.479. The molecule has 0 heterocycles. The summed E-state index contributed by atoms with van der Waals surface area (Å²) in [5.41, 5.74) is 0. The Kier molecular flexibility index (Phi) is 2.47. The van der Waals surface area contributed by atoms with Crippen molar-refractivity contribution < 1.29 is 5.11 Å². The largest absolute Gasteiger partial charge is 0.395 e. The normalized spacial score (nSPS) is 37.9. The molecule has 1 saturated carbocycles. The van der Waals surface area contributed by atoms with Crippen molar-refractivity contribution in [3.8, 4) is 0 Å². The number of fused-ring (bicyclic) bond motifs is 2. The summed E-state index contributed by atoms with van der Waals surface area (Å²) in [6.07, 6.45) is 7.48. The molecule has 2 aliphatic rings. The van der Waals surface area contributed by atoms with E-state index in [1.165, 1.54) is 12.8 Å². The summed E-state index contributed by atoms with van der Waals surface area (Å²) in [7, 11) is 0. The Balaban J connectivity index is 1.73. The number of nitrogens with one attached hydrogen (secondary N) is 1. The maximum atomic E-state index is 8.60. The lowest BCUT2D eigenvalue weighted by molar-refractivity contribution is 0.284. The Morgan fingerprint density at radius 1 is 1.33 bits per heavy atom. The van der Waals surface area contributed by atoms with Crippen molar-refractivity contribution in [3.63, 3.8) is 0 Å². The Labute approximate surface area is 73.7 Å². The number of aliphatic hydroxyl groups is 1. The molecule has 0 radical (unpaired) electrons. The minimum Gasteiger partial charge on any atom is -0.395 e. The van der Waals surface area contributed by atoms with E-state index in [1.807, 2.05) is 0 Å². The van der Waals surface area contributed by atoms with Crippen molar-refractivity contribution in [2.45, 2.75) is 12.8 Å². The molecule has 0 aromatic rings. The first-order valence-electron chi connectivity index (χ1n) is 4.90. The molecule has 2 rings (SSSR count). The Morgan fingerprint density at radius 2 is 2.25 bits per heavy atom. The third-order valence-electron chi connectivity index (χ3n) is 3.11. The molecule has 0 aromatic carbocycles. The fourth-order valence-corrected chi connectivity index (χ4v) is 2.50. The van der Waals surface area contributed by atoms with Crippen LogP contribution >= 0.6 is 0 Å². The van der Waals surface area contributed by atoms with E-state index in [9.17, 15) is 0 Å². The van der Waals surface area contributed by atoms with Gasteiger partial charge in [0.1, 0.15) is 0 Å². The Morgan fingerprint density at radius 3 is 2.83 bits per heavy atom. The lowest BCUT2D eigenvalue weighted by Gasteiger charge is -2.17. The van der Waals surface area contributed by atoms with Gasteiger partial charge >= 0.3 is 0 Å². The van der Waals surface area contributed by atoms with Crippen LogP contribution in [0.15, 0.2) is 12.2 Å². The molecular weight excluding hydrogens is 150 g/mol. The number of hydrogen-bond donors (Lipinski definition) is 2. The SMILES string of the molecule is OCCNCC1C[C@@H]2C=C[C@H]1C2. The first-order valence-corrected chi connectivity index (χ1v) is 4.90. The highest BCUT2D eigenvalue weighted by atomic mass is 16.3. The van der Waals surface area contributed by atoms with Crippen molar-refractivity contribution in [3.05, 3.63) is 12.2 Å². The maximum Gasteiger partial charge on any atom is 0.0555 e. The van der Waals surface area contributed by atoms with Crippen molar-refractivity contribution in [1.29, 1.82) is 0 Å². The standard InChI is InChI=1S/C10H17NO/c12-4-3-11-7-10-6-8-1-2-9(10)5-8/h1-2,8-12H,3-7H2/t8-,9+,10?/m1/s1. The smallest absolute Gasteiger partial charge is 0.0555 e. The summed E-state index contributed by atoms with van der Waals surface area (Å²) in [4.78, 5) is 0. The van der Waals surface area contributed by atoms with Gasteiger partial charge in [-0.1, -0.05) is 12.2 Å². The van der Waals surface area contributed by atoms with E-state index < -0.39 is 0 Å². The molecule has 0 aliphatic heterocycles. The molecule has 2 bridgehead atoms. The van der Waals surface area contributed by atoms with Gasteiger partial charge in [-0.3, -0.25) is 0 Å². The first-order chi connectivity index (χ1) is 5.90. The van der Waals surface area contributed by atoms with Crippen molar-refractivity contribution in [2.75, 3.05) is 19.7 Å². The van der Waals surface area contributed by atoms with Gasteiger partial charge in [0.2, 0.25) is 0 Å². The summed E-state index contributed by atoms with van der Waals surface area (Å²) >= 11 is 0. The molecule has 0 aromatic heterocycles. The summed E-state index contributed by atoms with van der Waals surface area (Å²) in [6.45, 7) is 2.10. The van der Waals surface area contributed by atoms with Crippen LogP contribution in [0.4, 0.5) is 0 Å². The van der Waals surface area contributed by atoms with Gasteiger partial charge in [-0.15, -0.1) is 0 Å². The summed E-state index contributed by atoms with van der Waals surface area (Å²) < 4.78 is 0. The average molecular weight is 167 g/mol. The van der Waals surface area contributed by atoms with E-state index in [0.29, 0.717) is 0 Å². The second kappa shape index (κ2) is 3.58. The van der Waals surface area contributed by atoms with Gasteiger partial charge in [-0.25, -0.2) is 0 Å². The fraction of sp³-hybridized carbons (Fsp3) is 0.800. The minimum absolute atomic E-state index is 0.261. The van der Waals surface area contributed by atoms with Crippen molar-refractivity contribution >= 4 is 0 Å². The van der Waals surface area contributed by atoms with Crippen LogP contribution in [-0.4, -0.2) is 24.8 Å². The van der Waals surface area contributed by atoms with E-state index in [4.69, 9.17) is 5.11 Å². The molecular formula is C10H17NO. The van der Waals surface area contributed by atoms with Gasteiger partial charge < -0.3 is 10.4 Å². The zero-order valence-electron chi connectivity index (χ0n) is 7.37. The molecule has 2 heteroatoms. The first kappa shape index (κ1) is 8.27. The predicted octanol–water partition coefficient (Wildman–Crippen LogP) is 0.780. The molecule has 2 aliphatic carbocycles. The van der Waals surface area contributed by atoms with Crippen LogP contribution in [0.2, 0.25) is 0 Å². The second-order valence-electron chi connectivity index (χ2n) is 3.97. The molecule has 1 unspecified atom stereocenters. The number of aliphatic hydroxyl groups excluding tert-OH is 1. The number of rotatable bonds is 4. The summed E-state index contributed by atoms with van der Waals surface area (Å²) in [5, 5.41) is 11.9. The third kappa shape index (κ3) is 1.54. The van der Waals surface area contributed by atoms with Gasteiger partial charge in [0.25, 0.3) is 0 Å². The molecule has 0 saturated heterocycles. The van der Waals surface area contributed by atoms with Crippen molar-refractivity contribution in [2.24, 2.45) is 17.8 Å². The monoisotopic (exact) mass is 167 g/mol. The lowest BCUT2D eigenvalue weighted by Crippen LogP contribution is -2.27. The molecule has 3 atom stereocenters. The average Bonchev–Trinajstić information content (AvgIpc) is 2.65. The van der Waals surface area contributed by atoms with Crippen LogP contribution in [-0.2, 0) is 0 Å². The highest BCUT2D eigenvalue weighted by molar-refractivity contribution is 5.10. The predicted molar refractivity (Wildman–Crippen MR) is 48.8 cm³/mol. The highest BCUT2D eigenvalue weighted by Gasteiger charge is 2.34. The molecule has 2 N–H and O–H groups in total. The van der Waals surface area contributed by atoms with Gasteiger partial charge in [0.05, 0.1) is 6.61 Å². The number of hydrogen-bond acceptors (Lipinski definition) is 2. The van der Waals surface area contributed by atoms with E-state index in [1.54, 1.807) is 0 Å². The van der Waals surface area contributed by atoms with Gasteiger partial charge in [0.15, 0.2) is 0 Å². The fourth-order valence-electron chi connectivity index (χ4n) is 2.50. The second-order valence-corrected chi connectivity index (χ2v) is 3.97. The van der Waals surface area contributed by atoms with Gasteiger partial charge in [-0.05, 0) is 37.1 Å². The maximum absolute atomic E-state index is 8.60. The van der Waals surface area contributed by atoms with Gasteiger partial charge in [0, 0.05) is 6.54 Å². The molecule has 1 fully saturated rings. The molecule has 2 nitrogen and oxygen atoms in total. The van der Waals surface area contributed by atoms with E-state index in [2.05, 4.69) is 17.5 Å². The molecule has 68 valence electrons. The Bertz CT molecular complexity index is 179. The van der Waals surface area contributed by atoms with Crippen molar-refractivity contribution in [1.82, 2.24) is 5.32 Å². The molecule has 0 amide bonds. The van der Waals surface area contributed by atoms with E-state index >= 15 is 0 Å². The van der Waals surface area contributed by atoms with Crippen LogP contribution in [0, 0.1) is 17.8 Å². The zero-order chi connectivity index (χ0) is 8.39.